The van der Waals surface area contributed by atoms with E-state index < -0.39 is 0 Å². The number of hydrogen-bond acceptors (Lipinski definition) is 7. The van der Waals surface area contributed by atoms with Crippen LogP contribution in [0.1, 0.15) is 26.7 Å². The molecule has 1 aliphatic heterocycles. The SMILES string of the molecule is CCN(CC)c1ccc(-c2nnc(N3C(=O)CCC3=O)s2)c(O)c1. The summed E-state index contributed by atoms with van der Waals surface area (Å²) >= 11 is 1.12. The maximum absolute atomic E-state index is 11.8. The number of aromatic hydroxyl groups is 1. The Morgan fingerprint density at radius 3 is 2.42 bits per heavy atom. The van der Waals surface area contributed by atoms with Crippen molar-refractivity contribution in [1.29, 1.82) is 0 Å². The Morgan fingerprint density at radius 2 is 1.83 bits per heavy atom. The molecule has 24 heavy (non-hydrogen) atoms. The molecule has 1 aliphatic rings. The number of imide groups is 1. The molecule has 0 atom stereocenters. The molecule has 1 saturated heterocycles. The third kappa shape index (κ3) is 2.84. The van der Waals surface area contributed by atoms with Gasteiger partial charge in [0.15, 0.2) is 5.01 Å². The molecule has 126 valence electrons. The molecular weight excluding hydrogens is 328 g/mol. The minimum Gasteiger partial charge on any atom is -0.507 e. The number of aromatic nitrogens is 2. The van der Waals surface area contributed by atoms with Crippen molar-refractivity contribution < 1.29 is 14.7 Å². The number of carbonyl (C=O) groups is 2. The minimum absolute atomic E-state index is 0.0983. The van der Waals surface area contributed by atoms with Crippen LogP contribution in [0, 0.1) is 0 Å². The topological polar surface area (TPSA) is 86.6 Å². The van der Waals surface area contributed by atoms with Gasteiger partial charge in [0.25, 0.3) is 0 Å². The van der Waals surface area contributed by atoms with Gasteiger partial charge in [-0.3, -0.25) is 9.59 Å². The molecular formula is C16H18N4O3S. The quantitative estimate of drug-likeness (QED) is 0.837. The van der Waals surface area contributed by atoms with Crippen molar-refractivity contribution in [3.63, 3.8) is 0 Å². The van der Waals surface area contributed by atoms with E-state index in [4.69, 9.17) is 0 Å². The van der Waals surface area contributed by atoms with Crippen LogP contribution in [0.3, 0.4) is 0 Å². The summed E-state index contributed by atoms with van der Waals surface area (Å²) in [5.41, 5.74) is 1.46. The summed E-state index contributed by atoms with van der Waals surface area (Å²) in [4.78, 5) is 26.7. The zero-order valence-corrected chi connectivity index (χ0v) is 14.3. The number of phenolic OH excluding ortho intramolecular Hbond substituents is 1. The molecule has 7 nitrogen and oxygen atoms in total. The highest BCUT2D eigenvalue weighted by atomic mass is 32.1. The van der Waals surface area contributed by atoms with Crippen LogP contribution in [-0.4, -0.2) is 40.2 Å². The molecule has 2 aromatic rings. The Morgan fingerprint density at radius 1 is 1.17 bits per heavy atom. The zero-order valence-electron chi connectivity index (χ0n) is 13.5. The Balaban J connectivity index is 1.90. The van der Waals surface area contributed by atoms with Crippen LogP contribution >= 0.6 is 11.3 Å². The number of rotatable bonds is 5. The van der Waals surface area contributed by atoms with Gasteiger partial charge in [0, 0.05) is 37.7 Å². The van der Waals surface area contributed by atoms with Crippen LogP contribution in [0.25, 0.3) is 10.6 Å². The fourth-order valence-electron chi connectivity index (χ4n) is 2.69. The summed E-state index contributed by atoms with van der Waals surface area (Å²) in [6.45, 7) is 5.79. The number of phenols is 1. The molecule has 0 bridgehead atoms. The van der Waals surface area contributed by atoms with Gasteiger partial charge >= 0.3 is 0 Å². The molecule has 0 aliphatic carbocycles. The van der Waals surface area contributed by atoms with E-state index in [-0.39, 0.29) is 35.5 Å². The van der Waals surface area contributed by atoms with Crippen LogP contribution < -0.4 is 9.80 Å². The van der Waals surface area contributed by atoms with Crippen molar-refractivity contribution in [2.24, 2.45) is 0 Å². The summed E-state index contributed by atoms with van der Waals surface area (Å²) in [5.74, 6) is -0.422. The first-order valence-electron chi connectivity index (χ1n) is 7.82. The van der Waals surface area contributed by atoms with Crippen LogP contribution in [0.4, 0.5) is 10.8 Å². The summed E-state index contributed by atoms with van der Waals surface area (Å²) in [7, 11) is 0. The van der Waals surface area contributed by atoms with E-state index in [1.165, 1.54) is 0 Å². The number of benzene rings is 1. The molecule has 3 rings (SSSR count). The smallest absolute Gasteiger partial charge is 0.236 e. The number of nitrogens with zero attached hydrogens (tertiary/aromatic N) is 4. The van der Waals surface area contributed by atoms with Crippen molar-refractivity contribution in [3.05, 3.63) is 18.2 Å². The summed E-state index contributed by atoms with van der Waals surface area (Å²) in [6.07, 6.45) is 0.412. The van der Waals surface area contributed by atoms with Gasteiger partial charge in [-0.15, -0.1) is 10.2 Å². The van der Waals surface area contributed by atoms with Gasteiger partial charge in [-0.05, 0) is 26.0 Å². The van der Waals surface area contributed by atoms with E-state index in [1.807, 2.05) is 6.07 Å². The standard InChI is InChI=1S/C16H18N4O3S/c1-3-19(4-2)10-5-6-11(12(21)9-10)15-17-18-16(24-15)20-13(22)7-8-14(20)23/h5-6,9,21H,3-4,7-8H2,1-2H3. The number of hydrogen-bond donors (Lipinski definition) is 1. The highest BCUT2D eigenvalue weighted by molar-refractivity contribution is 7.18. The van der Waals surface area contributed by atoms with Crippen LogP contribution in [0.15, 0.2) is 18.2 Å². The second-order valence-electron chi connectivity index (χ2n) is 5.39. The van der Waals surface area contributed by atoms with Gasteiger partial charge in [-0.1, -0.05) is 11.3 Å². The number of anilines is 2. The first-order chi connectivity index (χ1) is 11.5. The van der Waals surface area contributed by atoms with Crippen molar-refractivity contribution in [2.75, 3.05) is 22.9 Å². The molecule has 0 unspecified atom stereocenters. The maximum Gasteiger partial charge on any atom is 0.236 e. The van der Waals surface area contributed by atoms with E-state index in [9.17, 15) is 14.7 Å². The predicted octanol–water partition coefficient (Wildman–Crippen LogP) is 2.41. The lowest BCUT2D eigenvalue weighted by molar-refractivity contribution is -0.121. The molecule has 1 N–H and O–H groups in total. The van der Waals surface area contributed by atoms with Crippen molar-refractivity contribution in [1.82, 2.24) is 10.2 Å². The third-order valence-electron chi connectivity index (χ3n) is 4.00. The first kappa shape index (κ1) is 16.4. The first-order valence-corrected chi connectivity index (χ1v) is 8.64. The highest BCUT2D eigenvalue weighted by Crippen LogP contribution is 2.37. The molecule has 0 saturated carbocycles. The molecule has 8 heteroatoms. The fourth-order valence-corrected chi connectivity index (χ4v) is 3.60. The molecule has 2 amide bonds. The number of amides is 2. The fraction of sp³-hybridized carbons (Fsp3) is 0.375. The Hall–Kier alpha value is -2.48. The lowest BCUT2D eigenvalue weighted by Gasteiger charge is -2.21. The van der Waals surface area contributed by atoms with Gasteiger partial charge < -0.3 is 10.0 Å². The average molecular weight is 346 g/mol. The van der Waals surface area contributed by atoms with Gasteiger partial charge in [0.05, 0.1) is 5.56 Å². The zero-order chi connectivity index (χ0) is 17.3. The molecule has 0 spiro atoms. The molecule has 1 fully saturated rings. The average Bonchev–Trinajstić information content (AvgIpc) is 3.15. The van der Waals surface area contributed by atoms with Crippen LogP contribution in [0.5, 0.6) is 5.75 Å². The van der Waals surface area contributed by atoms with E-state index in [1.54, 1.807) is 12.1 Å². The van der Waals surface area contributed by atoms with Gasteiger partial charge in [0.2, 0.25) is 16.9 Å². The molecule has 0 radical (unpaired) electrons. The van der Waals surface area contributed by atoms with Gasteiger partial charge in [-0.2, -0.15) is 0 Å². The van der Waals surface area contributed by atoms with E-state index in [0.29, 0.717) is 10.6 Å². The van der Waals surface area contributed by atoms with E-state index in [0.717, 1.165) is 35.0 Å². The summed E-state index contributed by atoms with van der Waals surface area (Å²) < 4.78 is 0. The lowest BCUT2D eigenvalue weighted by Crippen LogP contribution is -2.28. The lowest BCUT2D eigenvalue weighted by atomic mass is 10.1. The maximum atomic E-state index is 11.8. The molecule has 1 aromatic carbocycles. The van der Waals surface area contributed by atoms with Crippen LogP contribution in [0.2, 0.25) is 0 Å². The van der Waals surface area contributed by atoms with Crippen LogP contribution in [-0.2, 0) is 9.59 Å². The minimum atomic E-state index is -0.260. The second kappa shape index (κ2) is 6.56. The Bertz CT molecular complexity index is 769. The second-order valence-corrected chi connectivity index (χ2v) is 6.34. The van der Waals surface area contributed by atoms with E-state index in [2.05, 4.69) is 28.9 Å². The summed E-state index contributed by atoms with van der Waals surface area (Å²) in [5, 5.41) is 19.0. The van der Waals surface area contributed by atoms with Crippen molar-refractivity contribution in [3.8, 4) is 16.3 Å². The molecule has 2 heterocycles. The number of carbonyl (C=O) groups excluding carboxylic acids is 2. The van der Waals surface area contributed by atoms with Gasteiger partial charge in [-0.25, -0.2) is 4.90 Å². The normalized spacial score (nSPS) is 14.5. The van der Waals surface area contributed by atoms with Gasteiger partial charge in [0.1, 0.15) is 5.75 Å². The Kier molecular flexibility index (Phi) is 4.48. The van der Waals surface area contributed by atoms with E-state index >= 15 is 0 Å². The largest absolute Gasteiger partial charge is 0.507 e. The van der Waals surface area contributed by atoms with Crippen molar-refractivity contribution >= 4 is 34.0 Å². The molecule has 1 aromatic heterocycles. The summed E-state index contributed by atoms with van der Waals surface area (Å²) in [6, 6.07) is 5.38. The van der Waals surface area contributed by atoms with Crippen molar-refractivity contribution in [2.45, 2.75) is 26.7 Å². The monoisotopic (exact) mass is 346 g/mol. The Labute approximate surface area is 143 Å². The predicted molar refractivity (Wildman–Crippen MR) is 92.3 cm³/mol. The third-order valence-corrected chi connectivity index (χ3v) is 4.94. The highest BCUT2D eigenvalue weighted by Gasteiger charge is 2.33.